The Labute approximate surface area is 133 Å². The van der Waals surface area contributed by atoms with Crippen molar-refractivity contribution in [2.24, 2.45) is 5.92 Å². The Morgan fingerprint density at radius 3 is 1.77 bits per heavy atom. The lowest BCUT2D eigenvalue weighted by Gasteiger charge is -2.26. The molecule has 0 saturated heterocycles. The average molecular weight is 320 g/mol. The van der Waals surface area contributed by atoms with Gasteiger partial charge in [-0.15, -0.1) is 0 Å². The highest BCUT2D eigenvalue weighted by Gasteiger charge is 2.36. The average Bonchev–Trinajstić information content (AvgIpc) is 2.50. The normalized spacial score (nSPS) is 12.7. The molecule has 0 spiro atoms. The zero-order valence-corrected chi connectivity index (χ0v) is 15.1. The number of allylic oxidation sites excluding steroid dienone is 1. The molecule has 1 aromatic rings. The van der Waals surface area contributed by atoms with E-state index in [-0.39, 0.29) is 0 Å². The van der Waals surface area contributed by atoms with Gasteiger partial charge in [0.25, 0.3) is 0 Å². The van der Waals surface area contributed by atoms with Crippen LogP contribution in [0.2, 0.25) is 19.6 Å². The van der Waals surface area contributed by atoms with Gasteiger partial charge in [-0.25, -0.2) is 0 Å². The molecule has 0 aromatic heterocycles. The molecular weight excluding hydrogens is 296 g/mol. The van der Waals surface area contributed by atoms with Crippen molar-refractivity contribution in [1.29, 1.82) is 0 Å². The standard InChI is InChI=1S/C17H24O4Si/c1-12(22(4,5)6)14(13-10-8-7-9-11-13)15(16(18)20-2)17(19)21-3/h7-11,15H,1-6H3/b14-12+. The van der Waals surface area contributed by atoms with Crippen LogP contribution in [0.15, 0.2) is 35.5 Å². The summed E-state index contributed by atoms with van der Waals surface area (Å²) in [5.41, 5.74) is 1.56. The predicted molar refractivity (Wildman–Crippen MR) is 89.9 cm³/mol. The summed E-state index contributed by atoms with van der Waals surface area (Å²) in [6.07, 6.45) is 0. The molecule has 1 rings (SSSR count). The van der Waals surface area contributed by atoms with Crippen LogP contribution in [0.25, 0.3) is 5.57 Å². The van der Waals surface area contributed by atoms with E-state index in [0.717, 1.165) is 10.8 Å². The largest absolute Gasteiger partial charge is 0.468 e. The SMILES string of the molecule is COC(=O)C(C(=O)OC)/C(=C(\C)[Si](C)(C)C)c1ccccc1. The van der Waals surface area contributed by atoms with E-state index in [0.29, 0.717) is 5.57 Å². The molecule has 0 radical (unpaired) electrons. The third kappa shape index (κ3) is 4.07. The first-order valence-corrected chi connectivity index (χ1v) is 10.7. The van der Waals surface area contributed by atoms with Gasteiger partial charge >= 0.3 is 11.9 Å². The quantitative estimate of drug-likeness (QED) is 0.474. The number of carbonyl (C=O) groups excluding carboxylic acids is 2. The summed E-state index contributed by atoms with van der Waals surface area (Å²) < 4.78 is 9.68. The number of esters is 2. The van der Waals surface area contributed by atoms with Crippen molar-refractivity contribution >= 4 is 25.6 Å². The molecule has 0 unspecified atom stereocenters. The van der Waals surface area contributed by atoms with Crippen LogP contribution in [-0.4, -0.2) is 34.2 Å². The van der Waals surface area contributed by atoms with Crippen molar-refractivity contribution in [2.75, 3.05) is 14.2 Å². The molecule has 0 bridgehead atoms. The van der Waals surface area contributed by atoms with Crippen LogP contribution >= 0.6 is 0 Å². The topological polar surface area (TPSA) is 52.6 Å². The molecule has 22 heavy (non-hydrogen) atoms. The third-order valence-corrected chi connectivity index (χ3v) is 6.30. The highest BCUT2D eigenvalue weighted by Crippen LogP contribution is 2.33. The monoisotopic (exact) mass is 320 g/mol. The molecule has 4 nitrogen and oxygen atoms in total. The second kappa shape index (κ2) is 7.40. The van der Waals surface area contributed by atoms with Crippen molar-refractivity contribution in [3.63, 3.8) is 0 Å². The highest BCUT2D eigenvalue weighted by atomic mass is 28.3. The van der Waals surface area contributed by atoms with Crippen molar-refractivity contribution in [3.05, 3.63) is 41.1 Å². The highest BCUT2D eigenvalue weighted by molar-refractivity contribution is 6.84. The minimum absolute atomic E-state index is 0.594. The van der Waals surface area contributed by atoms with Gasteiger partial charge in [0, 0.05) is 0 Å². The molecule has 0 amide bonds. The first-order valence-electron chi connectivity index (χ1n) is 7.16. The van der Waals surface area contributed by atoms with Gasteiger partial charge in [0.1, 0.15) is 0 Å². The van der Waals surface area contributed by atoms with Crippen LogP contribution in [0.5, 0.6) is 0 Å². The molecule has 5 heteroatoms. The Hall–Kier alpha value is -1.88. The lowest BCUT2D eigenvalue weighted by molar-refractivity contribution is -0.155. The zero-order valence-electron chi connectivity index (χ0n) is 14.1. The van der Waals surface area contributed by atoms with Crippen LogP contribution in [0.4, 0.5) is 0 Å². The fourth-order valence-corrected chi connectivity index (χ4v) is 3.29. The number of carbonyl (C=O) groups is 2. The Kier molecular flexibility index (Phi) is 6.11. The molecule has 0 atom stereocenters. The molecule has 0 aliphatic rings. The summed E-state index contributed by atoms with van der Waals surface area (Å²) in [4.78, 5) is 24.4. The van der Waals surface area contributed by atoms with E-state index in [1.807, 2.05) is 37.3 Å². The second-order valence-corrected chi connectivity index (χ2v) is 11.4. The summed E-state index contributed by atoms with van der Waals surface area (Å²) in [5.74, 6) is -2.24. The van der Waals surface area contributed by atoms with Crippen LogP contribution in [0.3, 0.4) is 0 Å². The minimum Gasteiger partial charge on any atom is -0.468 e. The maximum absolute atomic E-state index is 12.2. The Morgan fingerprint density at radius 2 is 1.41 bits per heavy atom. The summed E-state index contributed by atoms with van der Waals surface area (Å²) >= 11 is 0. The second-order valence-electron chi connectivity index (χ2n) is 6.13. The number of hydrogen-bond acceptors (Lipinski definition) is 4. The van der Waals surface area contributed by atoms with Gasteiger partial charge in [-0.1, -0.05) is 55.2 Å². The van der Waals surface area contributed by atoms with Crippen LogP contribution in [0, 0.1) is 5.92 Å². The molecule has 0 saturated carbocycles. The minimum atomic E-state index is -1.72. The maximum atomic E-state index is 12.2. The van der Waals surface area contributed by atoms with Gasteiger partial charge in [-0.2, -0.15) is 0 Å². The maximum Gasteiger partial charge on any atom is 0.324 e. The molecule has 1 aromatic carbocycles. The van der Waals surface area contributed by atoms with Crippen LogP contribution in [0.1, 0.15) is 12.5 Å². The summed E-state index contributed by atoms with van der Waals surface area (Å²) in [7, 11) is 0.843. The number of benzene rings is 1. The number of rotatable bonds is 5. The van der Waals surface area contributed by atoms with Crippen molar-refractivity contribution in [3.8, 4) is 0 Å². The molecule has 0 heterocycles. The number of hydrogen-bond donors (Lipinski definition) is 0. The molecule has 0 aliphatic heterocycles. The van der Waals surface area contributed by atoms with Gasteiger partial charge in [0.2, 0.25) is 0 Å². The smallest absolute Gasteiger partial charge is 0.324 e. The van der Waals surface area contributed by atoms with E-state index in [1.165, 1.54) is 14.2 Å². The zero-order chi connectivity index (χ0) is 16.9. The lowest BCUT2D eigenvalue weighted by atomic mass is 9.92. The fraction of sp³-hybridized carbons (Fsp3) is 0.412. The van der Waals surface area contributed by atoms with E-state index in [2.05, 4.69) is 19.6 Å². The van der Waals surface area contributed by atoms with Crippen molar-refractivity contribution in [1.82, 2.24) is 0 Å². The first kappa shape index (κ1) is 18.2. The first-order chi connectivity index (χ1) is 10.2. The van der Waals surface area contributed by atoms with Crippen LogP contribution in [-0.2, 0) is 19.1 Å². The van der Waals surface area contributed by atoms with E-state index in [9.17, 15) is 9.59 Å². The fourth-order valence-electron chi connectivity index (χ4n) is 2.19. The van der Waals surface area contributed by atoms with Crippen molar-refractivity contribution in [2.45, 2.75) is 26.6 Å². The molecular formula is C17H24O4Si. The Bertz CT molecular complexity index is 554. The molecule has 0 fully saturated rings. The third-order valence-electron chi connectivity index (χ3n) is 3.78. The molecule has 0 N–H and O–H groups in total. The number of methoxy groups -OCH3 is 2. The Morgan fingerprint density at radius 1 is 0.955 bits per heavy atom. The van der Waals surface area contributed by atoms with Gasteiger partial charge in [0.15, 0.2) is 5.92 Å². The lowest BCUT2D eigenvalue weighted by Crippen LogP contribution is -2.32. The van der Waals surface area contributed by atoms with Gasteiger partial charge in [-0.3, -0.25) is 9.59 Å². The summed E-state index contributed by atoms with van der Waals surface area (Å²) in [6.45, 7) is 8.53. The molecule has 0 aliphatic carbocycles. The predicted octanol–water partition coefficient (Wildman–Crippen LogP) is 3.30. The van der Waals surface area contributed by atoms with Gasteiger partial charge in [-0.05, 0) is 18.1 Å². The van der Waals surface area contributed by atoms with E-state index in [4.69, 9.17) is 9.47 Å². The van der Waals surface area contributed by atoms with Gasteiger partial charge in [0.05, 0.1) is 22.3 Å². The summed E-state index contributed by atoms with van der Waals surface area (Å²) in [6, 6.07) is 9.48. The Balaban J connectivity index is 3.62. The van der Waals surface area contributed by atoms with E-state index >= 15 is 0 Å². The van der Waals surface area contributed by atoms with E-state index in [1.54, 1.807) is 0 Å². The van der Waals surface area contributed by atoms with Gasteiger partial charge < -0.3 is 9.47 Å². The van der Waals surface area contributed by atoms with E-state index < -0.39 is 25.9 Å². The summed E-state index contributed by atoms with van der Waals surface area (Å²) in [5, 5.41) is 1.08. The van der Waals surface area contributed by atoms with Crippen molar-refractivity contribution < 1.29 is 19.1 Å². The van der Waals surface area contributed by atoms with Crippen LogP contribution < -0.4 is 0 Å². The number of ether oxygens (including phenoxy) is 2. The molecule has 120 valence electrons.